The molecule has 21 heavy (non-hydrogen) atoms. The fourth-order valence-electron chi connectivity index (χ4n) is 1.96. The lowest BCUT2D eigenvalue weighted by atomic mass is 10.1. The summed E-state index contributed by atoms with van der Waals surface area (Å²) >= 11 is 1.47. The molecule has 3 heteroatoms. The van der Waals surface area contributed by atoms with Crippen molar-refractivity contribution >= 4 is 11.8 Å². The van der Waals surface area contributed by atoms with Gasteiger partial charge in [-0.1, -0.05) is 37.7 Å². The molecule has 0 atom stereocenters. The minimum atomic E-state index is -0.152. The fourth-order valence-corrected chi connectivity index (χ4v) is 2.88. The summed E-state index contributed by atoms with van der Waals surface area (Å²) in [6.07, 6.45) is 0. The zero-order valence-electron chi connectivity index (χ0n) is 13.0. The molecule has 0 bridgehead atoms. The summed E-state index contributed by atoms with van der Waals surface area (Å²) in [7, 11) is 0. The highest BCUT2D eigenvalue weighted by molar-refractivity contribution is 7.99. The summed E-state index contributed by atoms with van der Waals surface area (Å²) < 4.78 is 14.2. The first-order valence-corrected chi connectivity index (χ1v) is 8.04. The molecule has 0 aromatic heterocycles. The zero-order chi connectivity index (χ0) is 15.4. The van der Waals surface area contributed by atoms with Gasteiger partial charge >= 0.3 is 0 Å². The molecule has 2 rings (SSSR count). The normalized spacial score (nSPS) is 11.1. The highest BCUT2D eigenvalue weighted by Gasteiger charge is 2.07. The Hall–Kier alpha value is -1.32. The quantitative estimate of drug-likeness (QED) is 0.825. The summed E-state index contributed by atoms with van der Waals surface area (Å²) in [5.74, 6) is -0.152. The minimum absolute atomic E-state index is 0.152. The van der Waals surface area contributed by atoms with E-state index < -0.39 is 0 Å². The average molecular weight is 303 g/mol. The topological polar surface area (TPSA) is 12.0 Å². The molecule has 0 saturated carbocycles. The molecule has 0 unspecified atom stereocenters. The third kappa shape index (κ3) is 4.58. The van der Waals surface area contributed by atoms with Crippen LogP contribution in [0.3, 0.4) is 0 Å². The molecular formula is C18H22FNS. The maximum atomic E-state index is 14.2. The number of benzene rings is 2. The Kier molecular flexibility index (Phi) is 5.43. The summed E-state index contributed by atoms with van der Waals surface area (Å²) in [4.78, 5) is 1.75. The molecule has 0 spiro atoms. The molecule has 1 nitrogen and oxygen atoms in total. The molecule has 1 N–H and O–H groups in total. The van der Waals surface area contributed by atoms with Gasteiger partial charge in [-0.3, -0.25) is 0 Å². The lowest BCUT2D eigenvalue weighted by Crippen LogP contribution is -2.21. The van der Waals surface area contributed by atoms with Gasteiger partial charge in [0, 0.05) is 22.4 Å². The standard InChI is InChI=1S/C18H22FNS/c1-12(2)20-11-15-6-8-18(17(19)10-15)21-16-7-5-13(3)14(4)9-16/h5-10,12,20H,11H2,1-4H3. The minimum Gasteiger partial charge on any atom is -0.310 e. The zero-order valence-corrected chi connectivity index (χ0v) is 13.9. The largest absolute Gasteiger partial charge is 0.310 e. The Balaban J connectivity index is 2.11. The van der Waals surface area contributed by atoms with Crippen LogP contribution in [-0.4, -0.2) is 6.04 Å². The highest BCUT2D eigenvalue weighted by atomic mass is 32.2. The molecule has 2 aromatic carbocycles. The molecule has 0 fully saturated rings. The van der Waals surface area contributed by atoms with Crippen molar-refractivity contribution in [3.8, 4) is 0 Å². The van der Waals surface area contributed by atoms with Gasteiger partial charge in [-0.2, -0.15) is 0 Å². The Morgan fingerprint density at radius 1 is 1.05 bits per heavy atom. The fraction of sp³-hybridized carbons (Fsp3) is 0.333. The predicted octanol–water partition coefficient (Wildman–Crippen LogP) is 5.09. The van der Waals surface area contributed by atoms with E-state index in [0.29, 0.717) is 17.5 Å². The number of hydrogen-bond donors (Lipinski definition) is 1. The first-order chi connectivity index (χ1) is 9.95. The SMILES string of the molecule is Cc1ccc(Sc2ccc(CNC(C)C)cc2F)cc1C. The van der Waals surface area contributed by atoms with Gasteiger partial charge in [-0.15, -0.1) is 0 Å². The molecule has 0 aliphatic heterocycles. The maximum Gasteiger partial charge on any atom is 0.137 e. The second-order valence-corrected chi connectivity index (χ2v) is 6.76. The molecule has 0 radical (unpaired) electrons. The molecule has 2 aromatic rings. The van der Waals surface area contributed by atoms with E-state index in [9.17, 15) is 4.39 Å². The Labute approximate surface area is 131 Å². The van der Waals surface area contributed by atoms with Gasteiger partial charge in [0.1, 0.15) is 5.82 Å². The summed E-state index contributed by atoms with van der Waals surface area (Å²) in [5, 5.41) is 3.30. The van der Waals surface area contributed by atoms with E-state index in [4.69, 9.17) is 0 Å². The van der Waals surface area contributed by atoms with Crippen LogP contribution in [0.4, 0.5) is 4.39 Å². The lowest BCUT2D eigenvalue weighted by Gasteiger charge is -2.10. The molecule has 0 saturated heterocycles. The van der Waals surface area contributed by atoms with Crippen molar-refractivity contribution in [2.24, 2.45) is 0 Å². The van der Waals surface area contributed by atoms with E-state index in [2.05, 4.69) is 45.1 Å². The van der Waals surface area contributed by atoms with Crippen LogP contribution in [0.15, 0.2) is 46.2 Å². The molecular weight excluding hydrogens is 281 g/mol. The van der Waals surface area contributed by atoms with Crippen molar-refractivity contribution < 1.29 is 4.39 Å². The van der Waals surface area contributed by atoms with Crippen molar-refractivity contribution in [3.63, 3.8) is 0 Å². The summed E-state index contributed by atoms with van der Waals surface area (Å²) in [5.41, 5.74) is 3.47. The molecule has 112 valence electrons. The monoisotopic (exact) mass is 303 g/mol. The van der Waals surface area contributed by atoms with Crippen LogP contribution in [0.1, 0.15) is 30.5 Å². The lowest BCUT2D eigenvalue weighted by molar-refractivity contribution is 0.574. The van der Waals surface area contributed by atoms with Crippen LogP contribution >= 0.6 is 11.8 Å². The second-order valence-electron chi connectivity index (χ2n) is 5.65. The van der Waals surface area contributed by atoms with Crippen molar-refractivity contribution in [3.05, 3.63) is 58.9 Å². The van der Waals surface area contributed by atoms with Crippen LogP contribution in [-0.2, 0) is 6.54 Å². The first-order valence-electron chi connectivity index (χ1n) is 7.22. The van der Waals surface area contributed by atoms with E-state index in [1.165, 1.54) is 22.9 Å². The van der Waals surface area contributed by atoms with Gasteiger partial charge in [0.15, 0.2) is 0 Å². The van der Waals surface area contributed by atoms with Gasteiger partial charge < -0.3 is 5.32 Å². The number of rotatable bonds is 5. The van der Waals surface area contributed by atoms with Crippen molar-refractivity contribution in [2.75, 3.05) is 0 Å². The van der Waals surface area contributed by atoms with E-state index in [1.807, 2.05) is 18.2 Å². The van der Waals surface area contributed by atoms with Gasteiger partial charge in [0.05, 0.1) is 0 Å². The number of halogens is 1. The second kappa shape index (κ2) is 7.10. The summed E-state index contributed by atoms with van der Waals surface area (Å²) in [6.45, 7) is 9.03. The molecule has 0 aliphatic carbocycles. The number of aryl methyl sites for hydroxylation is 2. The van der Waals surface area contributed by atoms with E-state index in [1.54, 1.807) is 6.07 Å². The average Bonchev–Trinajstić information content (AvgIpc) is 2.43. The Morgan fingerprint density at radius 2 is 1.81 bits per heavy atom. The molecule has 0 aliphatic rings. The smallest absolute Gasteiger partial charge is 0.137 e. The van der Waals surface area contributed by atoms with E-state index >= 15 is 0 Å². The van der Waals surface area contributed by atoms with Gasteiger partial charge in [0.25, 0.3) is 0 Å². The van der Waals surface area contributed by atoms with Gasteiger partial charge in [0.2, 0.25) is 0 Å². The predicted molar refractivity (Wildman–Crippen MR) is 88.4 cm³/mol. The Bertz CT molecular complexity index is 623. The first kappa shape index (κ1) is 16.1. The van der Waals surface area contributed by atoms with Gasteiger partial charge in [-0.05, 0) is 54.8 Å². The highest BCUT2D eigenvalue weighted by Crippen LogP contribution is 2.31. The van der Waals surface area contributed by atoms with Crippen LogP contribution in [0, 0.1) is 19.7 Å². The Morgan fingerprint density at radius 3 is 2.43 bits per heavy atom. The van der Waals surface area contributed by atoms with Crippen molar-refractivity contribution in [2.45, 2.75) is 50.1 Å². The van der Waals surface area contributed by atoms with Crippen LogP contribution in [0.2, 0.25) is 0 Å². The summed E-state index contributed by atoms with van der Waals surface area (Å²) in [6, 6.07) is 12.1. The van der Waals surface area contributed by atoms with Crippen LogP contribution in [0.25, 0.3) is 0 Å². The van der Waals surface area contributed by atoms with Crippen LogP contribution < -0.4 is 5.32 Å². The number of hydrogen-bond acceptors (Lipinski definition) is 2. The van der Waals surface area contributed by atoms with Crippen molar-refractivity contribution in [1.29, 1.82) is 0 Å². The maximum absolute atomic E-state index is 14.2. The molecule has 0 amide bonds. The van der Waals surface area contributed by atoms with E-state index in [-0.39, 0.29) is 5.82 Å². The van der Waals surface area contributed by atoms with E-state index in [0.717, 1.165) is 10.5 Å². The van der Waals surface area contributed by atoms with Gasteiger partial charge in [-0.25, -0.2) is 4.39 Å². The third-order valence-electron chi connectivity index (χ3n) is 3.42. The number of nitrogens with one attached hydrogen (secondary N) is 1. The van der Waals surface area contributed by atoms with Crippen LogP contribution in [0.5, 0.6) is 0 Å². The third-order valence-corrected chi connectivity index (χ3v) is 4.46. The van der Waals surface area contributed by atoms with Crippen molar-refractivity contribution in [1.82, 2.24) is 5.32 Å². The molecule has 0 heterocycles.